The second-order valence-electron chi connectivity index (χ2n) is 6.20. The van der Waals surface area contributed by atoms with Crippen molar-refractivity contribution in [3.8, 4) is 0 Å². The van der Waals surface area contributed by atoms with Crippen LogP contribution in [-0.2, 0) is 11.3 Å². The number of nitrogens with zero attached hydrogens (tertiary/aromatic N) is 1. The molecule has 2 fully saturated rings. The molecule has 0 spiro atoms. The highest BCUT2D eigenvalue weighted by Gasteiger charge is 2.31. The Balaban J connectivity index is 1.36. The van der Waals surface area contributed by atoms with Crippen LogP contribution in [0.3, 0.4) is 0 Å². The maximum Gasteiger partial charge on any atom is 0.234 e. The summed E-state index contributed by atoms with van der Waals surface area (Å²) >= 11 is 0. The second-order valence-corrected chi connectivity index (χ2v) is 6.20. The first-order valence-electron chi connectivity index (χ1n) is 8.09. The highest BCUT2D eigenvalue weighted by molar-refractivity contribution is 5.78. The summed E-state index contributed by atoms with van der Waals surface area (Å²) in [5, 5.41) is 6.40. The highest BCUT2D eigenvalue weighted by atomic mass is 16.1. The summed E-state index contributed by atoms with van der Waals surface area (Å²) in [4.78, 5) is 14.5. The first-order valence-corrected chi connectivity index (χ1v) is 8.09. The Morgan fingerprint density at radius 3 is 2.90 bits per heavy atom. The number of benzene rings is 1. The highest BCUT2D eigenvalue weighted by Crippen LogP contribution is 2.26. The van der Waals surface area contributed by atoms with Gasteiger partial charge in [0.2, 0.25) is 5.91 Å². The summed E-state index contributed by atoms with van der Waals surface area (Å²) in [6, 6.07) is 11.3. The Labute approximate surface area is 126 Å². The number of hydrogen-bond acceptors (Lipinski definition) is 3. The van der Waals surface area contributed by atoms with E-state index >= 15 is 0 Å². The fourth-order valence-corrected chi connectivity index (χ4v) is 3.51. The lowest BCUT2D eigenvalue weighted by Crippen LogP contribution is -2.48. The van der Waals surface area contributed by atoms with Crippen LogP contribution < -0.4 is 10.6 Å². The Morgan fingerprint density at radius 2 is 2.05 bits per heavy atom. The normalized spacial score (nSPS) is 25.5. The van der Waals surface area contributed by atoms with E-state index in [2.05, 4.69) is 15.5 Å². The molecule has 1 amide bonds. The number of fused-ring (bicyclic) bond motifs is 1. The molecule has 1 aromatic carbocycles. The van der Waals surface area contributed by atoms with Gasteiger partial charge in [-0.1, -0.05) is 30.3 Å². The predicted octanol–water partition coefficient (Wildman–Crippen LogP) is 1.52. The summed E-state index contributed by atoms with van der Waals surface area (Å²) in [6.45, 7) is 3.51. The summed E-state index contributed by atoms with van der Waals surface area (Å²) in [6.07, 6.45) is 5.04. The van der Waals surface area contributed by atoms with Gasteiger partial charge in [0.05, 0.1) is 6.54 Å². The van der Waals surface area contributed by atoms with E-state index in [-0.39, 0.29) is 5.91 Å². The van der Waals surface area contributed by atoms with Gasteiger partial charge in [-0.25, -0.2) is 0 Å². The monoisotopic (exact) mass is 287 g/mol. The van der Waals surface area contributed by atoms with Crippen LogP contribution >= 0.6 is 0 Å². The van der Waals surface area contributed by atoms with Crippen molar-refractivity contribution in [3.63, 3.8) is 0 Å². The van der Waals surface area contributed by atoms with Crippen molar-refractivity contribution in [3.05, 3.63) is 35.9 Å². The van der Waals surface area contributed by atoms with Gasteiger partial charge in [-0.2, -0.15) is 0 Å². The molecule has 2 saturated heterocycles. The van der Waals surface area contributed by atoms with Crippen molar-refractivity contribution < 1.29 is 4.79 Å². The van der Waals surface area contributed by atoms with E-state index in [1.807, 2.05) is 30.3 Å². The first-order chi connectivity index (χ1) is 10.3. The maximum absolute atomic E-state index is 11.9. The van der Waals surface area contributed by atoms with Crippen molar-refractivity contribution >= 4 is 5.91 Å². The quantitative estimate of drug-likeness (QED) is 0.863. The molecule has 2 heterocycles. The standard InChI is InChI=1S/C17H25N3O/c21-17(19-12-14-5-2-1-3-6-14)13-18-15-8-10-20-9-4-7-16(20)11-15/h1-3,5-6,15-16,18H,4,7-13H2,(H,19,21). The first kappa shape index (κ1) is 14.5. The number of piperidine rings is 1. The molecule has 114 valence electrons. The van der Waals surface area contributed by atoms with Crippen molar-refractivity contribution in [2.45, 2.75) is 44.3 Å². The second kappa shape index (κ2) is 7.05. The van der Waals surface area contributed by atoms with Gasteiger partial charge >= 0.3 is 0 Å². The van der Waals surface area contributed by atoms with Gasteiger partial charge in [-0.05, 0) is 44.3 Å². The van der Waals surface area contributed by atoms with Gasteiger partial charge in [-0.15, -0.1) is 0 Å². The number of nitrogens with one attached hydrogen (secondary N) is 2. The van der Waals surface area contributed by atoms with Crippen LogP contribution in [0.15, 0.2) is 30.3 Å². The molecular weight excluding hydrogens is 262 g/mol. The van der Waals surface area contributed by atoms with Crippen molar-refractivity contribution in [1.82, 2.24) is 15.5 Å². The molecule has 2 N–H and O–H groups in total. The summed E-state index contributed by atoms with van der Waals surface area (Å²) < 4.78 is 0. The predicted molar refractivity (Wildman–Crippen MR) is 83.9 cm³/mol. The zero-order valence-corrected chi connectivity index (χ0v) is 12.6. The molecule has 21 heavy (non-hydrogen) atoms. The molecule has 4 heteroatoms. The van der Waals surface area contributed by atoms with Gasteiger partial charge < -0.3 is 15.5 Å². The SMILES string of the molecule is O=C(CNC1CCN2CCCC2C1)NCc1ccccc1. The number of carbonyl (C=O) groups excluding carboxylic acids is 1. The van der Waals surface area contributed by atoms with Crippen LogP contribution in [0.5, 0.6) is 0 Å². The molecular formula is C17H25N3O. The summed E-state index contributed by atoms with van der Waals surface area (Å²) in [5.41, 5.74) is 1.14. The van der Waals surface area contributed by atoms with Crippen LogP contribution in [-0.4, -0.2) is 42.5 Å². The van der Waals surface area contributed by atoms with Crippen LogP contribution in [0.2, 0.25) is 0 Å². The largest absolute Gasteiger partial charge is 0.351 e. The zero-order valence-electron chi connectivity index (χ0n) is 12.6. The zero-order chi connectivity index (χ0) is 14.5. The molecule has 2 atom stereocenters. The van der Waals surface area contributed by atoms with Crippen LogP contribution in [0.25, 0.3) is 0 Å². The van der Waals surface area contributed by atoms with Crippen LogP contribution in [0.4, 0.5) is 0 Å². The molecule has 2 unspecified atom stereocenters. The third-order valence-electron chi connectivity index (χ3n) is 4.70. The fraction of sp³-hybridized carbons (Fsp3) is 0.588. The maximum atomic E-state index is 11.9. The third-order valence-corrected chi connectivity index (χ3v) is 4.70. The van der Waals surface area contributed by atoms with Gasteiger partial charge in [0, 0.05) is 18.6 Å². The lowest BCUT2D eigenvalue weighted by Gasteiger charge is -2.35. The lowest BCUT2D eigenvalue weighted by atomic mass is 9.97. The number of amides is 1. The fourth-order valence-electron chi connectivity index (χ4n) is 3.51. The number of hydrogen-bond donors (Lipinski definition) is 2. The Morgan fingerprint density at radius 1 is 1.19 bits per heavy atom. The van der Waals surface area contributed by atoms with E-state index in [9.17, 15) is 4.79 Å². The molecule has 1 aromatic rings. The van der Waals surface area contributed by atoms with E-state index in [1.165, 1.54) is 38.8 Å². The molecule has 4 nitrogen and oxygen atoms in total. The minimum Gasteiger partial charge on any atom is -0.351 e. The molecule has 0 aromatic heterocycles. The summed E-state index contributed by atoms with van der Waals surface area (Å²) in [7, 11) is 0. The smallest absolute Gasteiger partial charge is 0.234 e. The van der Waals surface area contributed by atoms with Crippen molar-refractivity contribution in [1.29, 1.82) is 0 Å². The van der Waals surface area contributed by atoms with Crippen LogP contribution in [0.1, 0.15) is 31.2 Å². The number of rotatable bonds is 5. The third kappa shape index (κ3) is 4.05. The Kier molecular flexibility index (Phi) is 4.88. The average Bonchev–Trinajstić information content (AvgIpc) is 2.99. The van der Waals surface area contributed by atoms with Gasteiger partial charge in [0.25, 0.3) is 0 Å². The van der Waals surface area contributed by atoms with E-state index < -0.39 is 0 Å². The van der Waals surface area contributed by atoms with Gasteiger partial charge in [0.1, 0.15) is 0 Å². The lowest BCUT2D eigenvalue weighted by molar-refractivity contribution is -0.120. The Bertz CT molecular complexity index is 462. The molecule has 0 bridgehead atoms. The topological polar surface area (TPSA) is 44.4 Å². The molecule has 3 rings (SSSR count). The van der Waals surface area contributed by atoms with Crippen molar-refractivity contribution in [2.24, 2.45) is 0 Å². The van der Waals surface area contributed by atoms with Crippen molar-refractivity contribution in [2.75, 3.05) is 19.6 Å². The van der Waals surface area contributed by atoms with Crippen LogP contribution in [0, 0.1) is 0 Å². The van der Waals surface area contributed by atoms with E-state index in [0.29, 0.717) is 19.1 Å². The summed E-state index contributed by atoms with van der Waals surface area (Å²) in [5.74, 6) is 0.0905. The van der Waals surface area contributed by atoms with E-state index in [4.69, 9.17) is 0 Å². The minimum absolute atomic E-state index is 0.0905. The average molecular weight is 287 g/mol. The van der Waals surface area contributed by atoms with E-state index in [0.717, 1.165) is 11.6 Å². The van der Waals surface area contributed by atoms with E-state index in [1.54, 1.807) is 0 Å². The molecule has 0 saturated carbocycles. The number of carbonyl (C=O) groups is 1. The molecule has 0 aliphatic carbocycles. The molecule has 2 aliphatic rings. The minimum atomic E-state index is 0.0905. The van der Waals surface area contributed by atoms with Gasteiger partial charge in [-0.3, -0.25) is 4.79 Å². The molecule has 2 aliphatic heterocycles. The Hall–Kier alpha value is -1.39. The molecule has 0 radical (unpaired) electrons. The van der Waals surface area contributed by atoms with Gasteiger partial charge in [0.15, 0.2) is 0 Å².